The number of aliphatic hydroxyl groups excluding tert-OH is 4. The third-order valence-electron chi connectivity index (χ3n) is 4.74. The van der Waals surface area contributed by atoms with Crippen LogP contribution in [0.4, 0.5) is 0 Å². The molecular formula is C14H21NO14S. The first-order valence-corrected chi connectivity index (χ1v) is 10.00. The van der Waals surface area contributed by atoms with Crippen molar-refractivity contribution in [3.63, 3.8) is 0 Å². The Bertz CT molecular complexity index is 788. The highest BCUT2D eigenvalue weighted by molar-refractivity contribution is 7.80. The van der Waals surface area contributed by atoms with Crippen molar-refractivity contribution in [2.45, 2.75) is 68.3 Å². The van der Waals surface area contributed by atoms with Gasteiger partial charge < -0.3 is 44.5 Å². The van der Waals surface area contributed by atoms with Crippen molar-refractivity contribution in [3.8, 4) is 0 Å². The van der Waals surface area contributed by atoms with E-state index in [1.807, 2.05) is 0 Å². The number of carboxylic acids is 1. The van der Waals surface area contributed by atoms with Crippen LogP contribution in [0.2, 0.25) is 0 Å². The zero-order valence-electron chi connectivity index (χ0n) is 15.3. The van der Waals surface area contributed by atoms with Gasteiger partial charge in [0.05, 0.1) is 6.61 Å². The van der Waals surface area contributed by atoms with Gasteiger partial charge in [0.15, 0.2) is 18.3 Å². The Kier molecular flexibility index (Phi) is 6.63. The number of aliphatic hydroxyl groups is 4. The fourth-order valence-corrected chi connectivity index (χ4v) is 3.62. The standard InChI is InChI=1S/C14H21NO14S/c1-3-15-5-10(6(16)4(27-13(5)26-3)2-25-30(22,23)24)28-14-9(19)7(17)8(18)11(29-14)12(20)21/h4-11,13-14,16-19H,2H2,1H3,(H,20,21)(H,22,23,24)/t4-,5-,6+,7+,8+,9-,10-,11+,13-,14-/m1/s1. The molecule has 0 aliphatic carbocycles. The van der Waals surface area contributed by atoms with Gasteiger partial charge >= 0.3 is 16.4 Å². The van der Waals surface area contributed by atoms with Crippen LogP contribution < -0.4 is 0 Å². The van der Waals surface area contributed by atoms with Crippen molar-refractivity contribution in [2.75, 3.05) is 6.61 Å². The summed E-state index contributed by atoms with van der Waals surface area (Å²) >= 11 is 0. The van der Waals surface area contributed by atoms with Crippen LogP contribution in [0, 0.1) is 0 Å². The Labute approximate surface area is 169 Å². The summed E-state index contributed by atoms with van der Waals surface area (Å²) in [5.41, 5.74) is 0. The molecule has 172 valence electrons. The van der Waals surface area contributed by atoms with Gasteiger partial charge in [-0.15, -0.1) is 0 Å². The number of nitrogens with zero attached hydrogens (tertiary/aromatic N) is 1. The summed E-state index contributed by atoms with van der Waals surface area (Å²) in [6.45, 7) is 0.625. The van der Waals surface area contributed by atoms with E-state index in [2.05, 4.69) is 9.18 Å². The van der Waals surface area contributed by atoms with Crippen LogP contribution in [-0.4, -0.2) is 118 Å². The molecule has 0 aromatic rings. The molecule has 3 heterocycles. The lowest BCUT2D eigenvalue weighted by molar-refractivity contribution is -0.331. The zero-order chi connectivity index (χ0) is 22.4. The Hall–Kier alpha value is -1.47. The minimum absolute atomic E-state index is 0.131. The van der Waals surface area contributed by atoms with Crippen molar-refractivity contribution in [1.29, 1.82) is 0 Å². The summed E-state index contributed by atoms with van der Waals surface area (Å²) in [6, 6.07) is -1.04. The van der Waals surface area contributed by atoms with E-state index in [1.165, 1.54) is 6.92 Å². The van der Waals surface area contributed by atoms with Crippen LogP contribution in [0.3, 0.4) is 0 Å². The predicted octanol–water partition coefficient (Wildman–Crippen LogP) is -4.01. The second kappa shape index (κ2) is 8.58. The Morgan fingerprint density at radius 1 is 1.10 bits per heavy atom. The number of aliphatic imine (C=N–C) groups is 1. The van der Waals surface area contributed by atoms with Gasteiger partial charge in [-0.3, -0.25) is 4.55 Å². The third-order valence-corrected chi connectivity index (χ3v) is 5.18. The molecular weight excluding hydrogens is 438 g/mol. The van der Waals surface area contributed by atoms with E-state index in [4.69, 9.17) is 28.6 Å². The van der Waals surface area contributed by atoms with Gasteiger partial charge in [-0.1, -0.05) is 0 Å². The normalized spacial score (nSPS) is 44.1. The number of rotatable bonds is 6. The van der Waals surface area contributed by atoms with Crippen molar-refractivity contribution in [2.24, 2.45) is 4.99 Å². The van der Waals surface area contributed by atoms with Gasteiger partial charge in [0.2, 0.25) is 6.29 Å². The van der Waals surface area contributed by atoms with Gasteiger partial charge in [-0.05, 0) is 0 Å². The molecule has 0 aromatic heterocycles. The maximum atomic E-state index is 11.2. The van der Waals surface area contributed by atoms with Crippen LogP contribution in [-0.2, 0) is 38.3 Å². The molecule has 2 saturated heterocycles. The summed E-state index contributed by atoms with van der Waals surface area (Å²) in [6.07, 6.45) is -15.2. The van der Waals surface area contributed by atoms with Crippen molar-refractivity contribution >= 4 is 22.3 Å². The fraction of sp³-hybridized carbons (Fsp3) is 0.857. The van der Waals surface area contributed by atoms with Crippen LogP contribution >= 0.6 is 0 Å². The molecule has 0 bridgehead atoms. The molecule has 3 rings (SSSR count). The first kappa shape index (κ1) is 23.2. The molecule has 30 heavy (non-hydrogen) atoms. The van der Waals surface area contributed by atoms with E-state index in [0.29, 0.717) is 0 Å². The quantitative estimate of drug-likeness (QED) is 0.208. The highest BCUT2D eigenvalue weighted by atomic mass is 32.3. The molecule has 2 fully saturated rings. The molecule has 6 N–H and O–H groups in total. The van der Waals surface area contributed by atoms with Crippen molar-refractivity contribution in [1.82, 2.24) is 0 Å². The lowest BCUT2D eigenvalue weighted by Crippen LogP contribution is -2.64. The third kappa shape index (κ3) is 4.72. The Balaban J connectivity index is 1.81. The SMILES string of the molecule is CC1=N[C@H]2[C@H](O1)O[C@H](COS(=O)(=O)O)[C@H](O)[C@@H]2O[C@@H]1O[C@H](C(=O)O)[C@@H](O)[C@H](O)[C@H]1O. The molecule has 0 spiro atoms. The van der Waals surface area contributed by atoms with E-state index in [1.54, 1.807) is 0 Å². The monoisotopic (exact) mass is 459 g/mol. The average Bonchev–Trinajstić information content (AvgIpc) is 3.01. The van der Waals surface area contributed by atoms with Gasteiger partial charge in [-0.2, -0.15) is 8.42 Å². The van der Waals surface area contributed by atoms with E-state index in [0.717, 1.165) is 0 Å². The summed E-state index contributed by atoms with van der Waals surface area (Å²) < 4.78 is 55.8. The minimum atomic E-state index is -4.86. The average molecular weight is 459 g/mol. The van der Waals surface area contributed by atoms with E-state index in [9.17, 15) is 33.6 Å². The lowest BCUT2D eigenvalue weighted by atomic mass is 9.96. The van der Waals surface area contributed by atoms with Gasteiger partial charge in [-0.25, -0.2) is 14.0 Å². The van der Waals surface area contributed by atoms with Crippen LogP contribution in [0.5, 0.6) is 0 Å². The number of hydrogen-bond donors (Lipinski definition) is 6. The fourth-order valence-electron chi connectivity index (χ4n) is 3.31. The first-order valence-electron chi connectivity index (χ1n) is 8.63. The number of aliphatic carboxylic acids is 1. The van der Waals surface area contributed by atoms with Crippen LogP contribution in [0.15, 0.2) is 4.99 Å². The molecule has 10 atom stereocenters. The van der Waals surface area contributed by atoms with Crippen molar-refractivity contribution < 1.29 is 66.4 Å². The van der Waals surface area contributed by atoms with E-state index in [-0.39, 0.29) is 5.90 Å². The largest absolute Gasteiger partial charge is 0.479 e. The Morgan fingerprint density at radius 2 is 1.77 bits per heavy atom. The summed E-state index contributed by atoms with van der Waals surface area (Å²) in [5.74, 6) is -1.50. The van der Waals surface area contributed by atoms with Crippen LogP contribution in [0.1, 0.15) is 6.92 Å². The molecule has 15 nitrogen and oxygen atoms in total. The zero-order valence-corrected chi connectivity index (χ0v) is 16.1. The highest BCUT2D eigenvalue weighted by Gasteiger charge is 2.54. The van der Waals surface area contributed by atoms with E-state index < -0.39 is 84.3 Å². The topological polar surface area (TPSA) is 231 Å². The van der Waals surface area contributed by atoms with Gasteiger partial charge in [0.1, 0.15) is 42.7 Å². The lowest BCUT2D eigenvalue weighted by Gasteiger charge is -2.44. The summed E-state index contributed by atoms with van der Waals surface area (Å²) in [7, 11) is -4.86. The molecule has 3 aliphatic rings. The Morgan fingerprint density at radius 3 is 2.37 bits per heavy atom. The number of hydrogen-bond acceptors (Lipinski definition) is 13. The minimum Gasteiger partial charge on any atom is -0.479 e. The van der Waals surface area contributed by atoms with Gasteiger partial charge in [0, 0.05) is 6.92 Å². The maximum absolute atomic E-state index is 11.2. The number of carbonyl (C=O) groups is 1. The number of ether oxygens (including phenoxy) is 4. The summed E-state index contributed by atoms with van der Waals surface area (Å²) in [5, 5.41) is 49.5. The molecule has 0 saturated carbocycles. The molecule has 0 aromatic carbocycles. The number of fused-ring (bicyclic) bond motifs is 1. The maximum Gasteiger partial charge on any atom is 0.397 e. The number of carboxylic acid groups (broad SMARTS) is 1. The smallest absolute Gasteiger partial charge is 0.397 e. The second-order valence-electron chi connectivity index (χ2n) is 6.84. The summed E-state index contributed by atoms with van der Waals surface area (Å²) in [4.78, 5) is 15.3. The molecule has 0 unspecified atom stereocenters. The van der Waals surface area contributed by atoms with Gasteiger partial charge in [0.25, 0.3) is 0 Å². The van der Waals surface area contributed by atoms with Crippen molar-refractivity contribution in [3.05, 3.63) is 0 Å². The van der Waals surface area contributed by atoms with Crippen LogP contribution in [0.25, 0.3) is 0 Å². The molecule has 3 aliphatic heterocycles. The first-order chi connectivity index (χ1) is 13.9. The second-order valence-corrected chi connectivity index (χ2v) is 7.93. The predicted molar refractivity (Wildman–Crippen MR) is 89.3 cm³/mol. The molecule has 0 amide bonds. The van der Waals surface area contributed by atoms with E-state index >= 15 is 0 Å². The highest BCUT2D eigenvalue weighted by Crippen LogP contribution is 2.33. The molecule has 0 radical (unpaired) electrons. The molecule has 16 heteroatoms.